The van der Waals surface area contributed by atoms with E-state index in [1.165, 1.54) is 12.1 Å². The number of sulfonamides is 1. The molecule has 0 unspecified atom stereocenters. The van der Waals surface area contributed by atoms with Gasteiger partial charge in [-0.05, 0) is 61.7 Å². The lowest BCUT2D eigenvalue weighted by Crippen LogP contribution is -2.53. The van der Waals surface area contributed by atoms with Crippen LogP contribution >= 0.6 is 0 Å². The van der Waals surface area contributed by atoms with Gasteiger partial charge in [0.25, 0.3) is 5.91 Å². The second-order valence-corrected chi connectivity index (χ2v) is 10.0. The summed E-state index contributed by atoms with van der Waals surface area (Å²) in [5.41, 5.74) is 2.29. The fraction of sp³-hybridized carbons (Fsp3) is 0.391. The molecule has 0 radical (unpaired) electrons. The van der Waals surface area contributed by atoms with E-state index in [1.807, 2.05) is 36.1 Å². The molecule has 1 atom stereocenters. The average Bonchev–Trinajstić information content (AvgIpc) is 3.57. The molecule has 162 valence electrons. The van der Waals surface area contributed by atoms with Gasteiger partial charge < -0.3 is 4.90 Å². The van der Waals surface area contributed by atoms with Crippen molar-refractivity contribution in [2.75, 3.05) is 19.6 Å². The smallest absolute Gasteiger partial charge is 0.254 e. The predicted molar refractivity (Wildman–Crippen MR) is 117 cm³/mol. The number of nitrogens with zero attached hydrogens (tertiary/aromatic N) is 3. The SMILES string of the molecule is C[C@@H]1CN(Cc2ccc(C#N)cc2)CCN1C(=O)c1ccc(S(=O)(=O)NC2CC2)cc1. The highest BCUT2D eigenvalue weighted by atomic mass is 32.2. The van der Waals surface area contributed by atoms with E-state index < -0.39 is 10.0 Å². The van der Waals surface area contributed by atoms with Gasteiger partial charge in [-0.2, -0.15) is 5.26 Å². The van der Waals surface area contributed by atoms with Gasteiger partial charge in [-0.1, -0.05) is 12.1 Å². The van der Waals surface area contributed by atoms with Crippen molar-refractivity contribution in [2.45, 2.75) is 43.3 Å². The molecule has 8 heteroatoms. The zero-order valence-corrected chi connectivity index (χ0v) is 18.3. The molecule has 1 heterocycles. The van der Waals surface area contributed by atoms with E-state index in [2.05, 4.69) is 15.7 Å². The van der Waals surface area contributed by atoms with Crippen LogP contribution in [0.3, 0.4) is 0 Å². The molecule has 2 aromatic rings. The van der Waals surface area contributed by atoms with Crippen molar-refractivity contribution in [3.63, 3.8) is 0 Å². The molecule has 1 N–H and O–H groups in total. The molecule has 4 rings (SSSR count). The van der Waals surface area contributed by atoms with E-state index in [9.17, 15) is 13.2 Å². The number of piperazine rings is 1. The highest BCUT2D eigenvalue weighted by molar-refractivity contribution is 7.89. The Labute approximate surface area is 183 Å². The summed E-state index contributed by atoms with van der Waals surface area (Å²) in [6, 6.07) is 16.0. The van der Waals surface area contributed by atoms with Gasteiger partial charge in [0.05, 0.1) is 16.5 Å². The van der Waals surface area contributed by atoms with Gasteiger partial charge in [-0.3, -0.25) is 9.69 Å². The van der Waals surface area contributed by atoms with Crippen LogP contribution in [-0.4, -0.2) is 55.8 Å². The third-order valence-electron chi connectivity index (χ3n) is 5.77. The Balaban J connectivity index is 1.36. The van der Waals surface area contributed by atoms with Crippen LogP contribution in [0.5, 0.6) is 0 Å². The molecule has 31 heavy (non-hydrogen) atoms. The normalized spacial score (nSPS) is 19.7. The lowest BCUT2D eigenvalue weighted by Gasteiger charge is -2.40. The maximum Gasteiger partial charge on any atom is 0.254 e. The molecular weight excluding hydrogens is 412 g/mol. The number of carbonyl (C=O) groups is 1. The van der Waals surface area contributed by atoms with Crippen LogP contribution in [0.15, 0.2) is 53.4 Å². The van der Waals surface area contributed by atoms with Crippen molar-refractivity contribution in [3.8, 4) is 6.07 Å². The Morgan fingerprint density at radius 1 is 1.10 bits per heavy atom. The second-order valence-electron chi connectivity index (χ2n) is 8.31. The number of carbonyl (C=O) groups excluding carboxylic acids is 1. The maximum atomic E-state index is 13.0. The minimum absolute atomic E-state index is 0.0413. The molecule has 1 saturated heterocycles. The summed E-state index contributed by atoms with van der Waals surface area (Å²) in [4.78, 5) is 17.3. The van der Waals surface area contributed by atoms with Crippen LogP contribution in [-0.2, 0) is 16.6 Å². The predicted octanol–water partition coefficient (Wildman–Crippen LogP) is 2.35. The first kappa shape index (κ1) is 21.5. The minimum Gasteiger partial charge on any atom is -0.333 e. The number of hydrogen-bond donors (Lipinski definition) is 1. The number of nitriles is 1. The molecule has 0 aromatic heterocycles. The number of hydrogen-bond acceptors (Lipinski definition) is 5. The van der Waals surface area contributed by atoms with E-state index >= 15 is 0 Å². The van der Waals surface area contributed by atoms with Gasteiger partial charge in [-0.15, -0.1) is 0 Å². The van der Waals surface area contributed by atoms with Crippen LogP contribution in [0.1, 0.15) is 41.3 Å². The fourth-order valence-corrected chi connectivity index (χ4v) is 5.16. The van der Waals surface area contributed by atoms with Gasteiger partial charge in [-0.25, -0.2) is 13.1 Å². The summed E-state index contributed by atoms with van der Waals surface area (Å²) < 4.78 is 27.3. The third kappa shape index (κ3) is 5.13. The van der Waals surface area contributed by atoms with Gasteiger partial charge in [0.1, 0.15) is 0 Å². The van der Waals surface area contributed by atoms with Gasteiger partial charge >= 0.3 is 0 Å². The highest BCUT2D eigenvalue weighted by Gasteiger charge is 2.30. The molecule has 1 aliphatic carbocycles. The number of nitrogens with one attached hydrogen (secondary N) is 1. The number of amides is 1. The molecule has 2 fully saturated rings. The summed E-state index contributed by atoms with van der Waals surface area (Å²) >= 11 is 0. The van der Waals surface area contributed by atoms with Crippen LogP contribution in [0.4, 0.5) is 0 Å². The molecule has 0 spiro atoms. The summed E-state index contributed by atoms with van der Waals surface area (Å²) in [6.07, 6.45) is 1.76. The lowest BCUT2D eigenvalue weighted by molar-refractivity contribution is 0.0475. The molecule has 7 nitrogen and oxygen atoms in total. The first-order chi connectivity index (χ1) is 14.9. The zero-order chi connectivity index (χ0) is 22.0. The van der Waals surface area contributed by atoms with Crippen LogP contribution in [0, 0.1) is 11.3 Å². The summed E-state index contributed by atoms with van der Waals surface area (Å²) in [7, 11) is -3.52. The molecule has 1 amide bonds. The fourth-order valence-electron chi connectivity index (χ4n) is 3.85. The van der Waals surface area contributed by atoms with Crippen molar-refractivity contribution in [2.24, 2.45) is 0 Å². The Bertz CT molecular complexity index is 1090. The Hall–Kier alpha value is -2.73. The Morgan fingerprint density at radius 2 is 1.77 bits per heavy atom. The first-order valence-corrected chi connectivity index (χ1v) is 12.0. The van der Waals surface area contributed by atoms with Gasteiger partial charge in [0.15, 0.2) is 0 Å². The summed E-state index contributed by atoms with van der Waals surface area (Å²) in [5, 5.41) is 8.92. The average molecular weight is 439 g/mol. The largest absolute Gasteiger partial charge is 0.333 e. The van der Waals surface area contributed by atoms with Gasteiger partial charge in [0, 0.05) is 43.8 Å². The van der Waals surface area contributed by atoms with Crippen LogP contribution < -0.4 is 4.72 Å². The van der Waals surface area contributed by atoms with E-state index in [0.29, 0.717) is 17.7 Å². The molecule has 2 aliphatic rings. The van der Waals surface area contributed by atoms with Crippen LogP contribution in [0.2, 0.25) is 0 Å². The Kier molecular flexibility index (Phi) is 6.10. The topological polar surface area (TPSA) is 93.5 Å². The van der Waals surface area contributed by atoms with E-state index in [1.54, 1.807) is 12.1 Å². The third-order valence-corrected chi connectivity index (χ3v) is 7.31. The van der Waals surface area contributed by atoms with Crippen LogP contribution in [0.25, 0.3) is 0 Å². The standard InChI is InChI=1S/C23H26N4O3S/c1-17-15-26(16-19-4-2-18(14-24)3-5-19)12-13-27(17)23(28)20-6-10-22(11-7-20)31(29,30)25-21-8-9-21/h2-7,10-11,17,21,25H,8-9,12-13,15-16H2,1H3/t17-/m1/s1. The highest BCUT2D eigenvalue weighted by Crippen LogP contribution is 2.23. The molecule has 0 bridgehead atoms. The number of rotatable bonds is 6. The quantitative estimate of drug-likeness (QED) is 0.747. The monoisotopic (exact) mass is 438 g/mol. The summed E-state index contributed by atoms with van der Waals surface area (Å²) in [6.45, 7) is 4.93. The molecular formula is C23H26N4O3S. The lowest BCUT2D eigenvalue weighted by atomic mass is 10.1. The van der Waals surface area contributed by atoms with Crippen molar-refractivity contribution >= 4 is 15.9 Å². The first-order valence-electron chi connectivity index (χ1n) is 10.5. The van der Waals surface area contributed by atoms with Crippen molar-refractivity contribution in [1.29, 1.82) is 5.26 Å². The molecule has 2 aromatic carbocycles. The van der Waals surface area contributed by atoms with Crippen molar-refractivity contribution < 1.29 is 13.2 Å². The second kappa shape index (κ2) is 8.79. The zero-order valence-electron chi connectivity index (χ0n) is 17.5. The molecule has 1 aliphatic heterocycles. The van der Waals surface area contributed by atoms with Gasteiger partial charge in [0.2, 0.25) is 10.0 Å². The number of benzene rings is 2. The van der Waals surface area contributed by atoms with E-state index in [0.717, 1.165) is 38.0 Å². The van der Waals surface area contributed by atoms with Crippen molar-refractivity contribution in [1.82, 2.24) is 14.5 Å². The minimum atomic E-state index is -3.52. The Morgan fingerprint density at radius 3 is 2.35 bits per heavy atom. The van der Waals surface area contributed by atoms with Crippen molar-refractivity contribution in [3.05, 3.63) is 65.2 Å². The van der Waals surface area contributed by atoms with E-state index in [4.69, 9.17) is 5.26 Å². The van der Waals surface area contributed by atoms with E-state index in [-0.39, 0.29) is 22.9 Å². The summed E-state index contributed by atoms with van der Waals surface area (Å²) in [5.74, 6) is -0.0791. The maximum absolute atomic E-state index is 13.0. The molecule has 1 saturated carbocycles.